The monoisotopic (exact) mass is 562 g/mol. The van der Waals surface area contributed by atoms with Crippen LogP contribution in [-0.2, 0) is 28.0 Å². The standard InChI is InChI=1S/C23H42N2O8SSi2/c1-21(2,3)35(8,9)32-18-17(27)25(33-36(10,11)22(4,5)6)20(24(18)29)31-19(28)23(30-7)15(26)13-12-14-16(23)34/h20,27,29H,12-14H2,1-11H3. The topological polar surface area (TPSA) is 118 Å². The van der Waals surface area contributed by atoms with Crippen molar-refractivity contribution >= 4 is 45.5 Å². The fourth-order valence-electron chi connectivity index (χ4n) is 3.19. The lowest BCUT2D eigenvalue weighted by Crippen LogP contribution is -2.60. The van der Waals surface area contributed by atoms with Crippen LogP contribution in [0.5, 0.6) is 0 Å². The van der Waals surface area contributed by atoms with Crippen LogP contribution in [0.15, 0.2) is 11.8 Å². The molecule has 1 aliphatic heterocycles. The zero-order valence-corrected chi connectivity index (χ0v) is 26.2. The quantitative estimate of drug-likeness (QED) is 0.189. The van der Waals surface area contributed by atoms with Crippen LogP contribution in [0.4, 0.5) is 0 Å². The molecule has 0 aromatic rings. The Morgan fingerprint density at radius 1 is 1.06 bits per heavy atom. The molecule has 1 aliphatic carbocycles. The highest BCUT2D eigenvalue weighted by molar-refractivity contribution is 7.80. The maximum atomic E-state index is 13.4. The number of rotatable bonds is 7. The maximum Gasteiger partial charge on any atom is 0.355 e. The lowest BCUT2D eigenvalue weighted by molar-refractivity contribution is -0.288. The third kappa shape index (κ3) is 5.36. The first-order chi connectivity index (χ1) is 16.1. The number of carbonyl (C=O) groups excluding carboxylic acids is 2. The number of hydrogen-bond acceptors (Lipinski definition) is 11. The van der Waals surface area contributed by atoms with Gasteiger partial charge in [0.15, 0.2) is 5.78 Å². The van der Waals surface area contributed by atoms with Gasteiger partial charge in [-0.1, -0.05) is 53.8 Å². The van der Waals surface area contributed by atoms with Crippen LogP contribution >= 0.6 is 12.2 Å². The molecule has 1 saturated carbocycles. The molecule has 2 rings (SSSR count). The molecular formula is C23H42N2O8SSi2. The number of ether oxygens (including phenoxy) is 2. The predicted molar refractivity (Wildman–Crippen MR) is 143 cm³/mol. The Hall–Kier alpha value is -1.52. The van der Waals surface area contributed by atoms with Crippen molar-refractivity contribution < 1.29 is 38.3 Å². The Morgan fingerprint density at radius 2 is 1.58 bits per heavy atom. The average molecular weight is 563 g/mol. The van der Waals surface area contributed by atoms with Gasteiger partial charge in [-0.05, 0) is 49.1 Å². The van der Waals surface area contributed by atoms with E-state index in [1.165, 1.54) is 7.11 Å². The summed E-state index contributed by atoms with van der Waals surface area (Å²) in [6.45, 7) is 19.8. The smallest absolute Gasteiger partial charge is 0.355 e. The number of esters is 1. The zero-order valence-electron chi connectivity index (χ0n) is 23.3. The van der Waals surface area contributed by atoms with Crippen LogP contribution in [0, 0.1) is 0 Å². The number of carbonyl (C=O) groups is 2. The number of ketones is 1. The molecule has 2 unspecified atom stereocenters. The minimum Gasteiger partial charge on any atom is -0.527 e. The predicted octanol–water partition coefficient (Wildman–Crippen LogP) is 4.97. The second-order valence-electron chi connectivity index (χ2n) is 12.3. The van der Waals surface area contributed by atoms with E-state index < -0.39 is 46.2 Å². The first kappa shape index (κ1) is 30.7. The Bertz CT molecular complexity index is 923. The molecule has 2 N–H and O–H groups in total. The van der Waals surface area contributed by atoms with E-state index in [9.17, 15) is 19.9 Å². The summed E-state index contributed by atoms with van der Waals surface area (Å²) < 4.78 is 23.4. The number of methoxy groups -OCH3 is 1. The molecule has 2 aliphatic rings. The van der Waals surface area contributed by atoms with Crippen molar-refractivity contribution in [1.29, 1.82) is 0 Å². The molecule has 0 bridgehead atoms. The zero-order chi connectivity index (χ0) is 28.1. The molecule has 0 radical (unpaired) electrons. The molecular weight excluding hydrogens is 520 g/mol. The van der Waals surface area contributed by atoms with E-state index >= 15 is 0 Å². The van der Waals surface area contributed by atoms with Gasteiger partial charge in [0, 0.05) is 18.4 Å². The minimum absolute atomic E-state index is 0.101. The number of thiocarbonyl (C=S) groups is 1. The first-order valence-electron chi connectivity index (χ1n) is 12.1. The van der Waals surface area contributed by atoms with Gasteiger partial charge >= 0.3 is 12.3 Å². The molecule has 13 heteroatoms. The van der Waals surface area contributed by atoms with Gasteiger partial charge < -0.3 is 23.5 Å². The number of aliphatic hydroxyl groups is 1. The highest BCUT2D eigenvalue weighted by Crippen LogP contribution is 2.43. The third-order valence-corrected chi connectivity index (χ3v) is 16.8. The Labute approximate surface area is 221 Å². The summed E-state index contributed by atoms with van der Waals surface area (Å²) in [4.78, 5) is 26.4. The normalized spacial score (nSPS) is 24.5. The van der Waals surface area contributed by atoms with E-state index in [1.54, 1.807) is 0 Å². The summed E-state index contributed by atoms with van der Waals surface area (Å²) in [5, 5.41) is 23.2. The second-order valence-corrected chi connectivity index (χ2v) is 22.3. The summed E-state index contributed by atoms with van der Waals surface area (Å²) in [5.41, 5.74) is -2.07. The van der Waals surface area contributed by atoms with Crippen molar-refractivity contribution in [2.24, 2.45) is 0 Å². The largest absolute Gasteiger partial charge is 0.527 e. The van der Waals surface area contributed by atoms with Crippen LogP contribution in [0.2, 0.25) is 36.3 Å². The molecule has 0 aromatic carbocycles. The highest BCUT2D eigenvalue weighted by Gasteiger charge is 2.57. The van der Waals surface area contributed by atoms with Crippen LogP contribution in [-0.4, -0.2) is 72.8 Å². The number of hydrogen-bond donors (Lipinski definition) is 2. The number of Topliss-reactive ketones (excluding diaryl/α,β-unsaturated/α-hetero) is 1. The van der Waals surface area contributed by atoms with E-state index in [2.05, 4.69) is 0 Å². The summed E-state index contributed by atoms with van der Waals surface area (Å²) in [6, 6.07) is 0. The molecule has 0 amide bonds. The SMILES string of the molecule is COC1(C(=O)OC2N(O)C(O[Si](C)(C)C(C)(C)C)=C(O)N2O[Si](C)(C)C(C)(C)C)C(=O)CCCC1=S. The van der Waals surface area contributed by atoms with Gasteiger partial charge in [0.2, 0.25) is 8.32 Å². The lowest BCUT2D eigenvalue weighted by atomic mass is 9.83. The second kappa shape index (κ2) is 9.99. The summed E-state index contributed by atoms with van der Waals surface area (Å²) in [5.74, 6) is -2.43. The molecule has 0 aromatic heterocycles. The van der Waals surface area contributed by atoms with Gasteiger partial charge in [-0.15, -0.1) is 0 Å². The fourth-order valence-corrected chi connectivity index (χ4v) is 5.53. The van der Waals surface area contributed by atoms with Gasteiger partial charge in [0.25, 0.3) is 25.7 Å². The van der Waals surface area contributed by atoms with E-state index in [0.717, 1.165) is 5.06 Å². The van der Waals surface area contributed by atoms with Gasteiger partial charge in [0.05, 0.1) is 0 Å². The van der Waals surface area contributed by atoms with Crippen LogP contribution < -0.4 is 0 Å². The van der Waals surface area contributed by atoms with Gasteiger partial charge in [-0.25, -0.2) is 4.79 Å². The van der Waals surface area contributed by atoms with Gasteiger partial charge in [-0.2, -0.15) is 10.1 Å². The summed E-state index contributed by atoms with van der Waals surface area (Å²) >= 11 is 5.35. The van der Waals surface area contributed by atoms with Crippen molar-refractivity contribution in [2.75, 3.05) is 7.11 Å². The van der Waals surface area contributed by atoms with Crippen molar-refractivity contribution in [3.05, 3.63) is 11.8 Å². The van der Waals surface area contributed by atoms with Crippen molar-refractivity contribution in [3.63, 3.8) is 0 Å². The Balaban J connectivity index is 2.52. The van der Waals surface area contributed by atoms with Crippen LogP contribution in [0.1, 0.15) is 60.8 Å². The van der Waals surface area contributed by atoms with Crippen molar-refractivity contribution in [2.45, 2.75) is 109 Å². The van der Waals surface area contributed by atoms with E-state index in [1.807, 2.05) is 67.7 Å². The van der Waals surface area contributed by atoms with Gasteiger partial charge in [0.1, 0.15) is 0 Å². The number of aliphatic hydroxyl groups excluding tert-OH is 1. The van der Waals surface area contributed by atoms with Crippen LogP contribution in [0.25, 0.3) is 0 Å². The molecule has 0 spiro atoms. The number of hydroxylamine groups is 4. The molecule has 0 saturated heterocycles. The van der Waals surface area contributed by atoms with Crippen LogP contribution in [0.3, 0.4) is 0 Å². The average Bonchev–Trinajstić information content (AvgIpc) is 2.91. The molecule has 36 heavy (non-hydrogen) atoms. The van der Waals surface area contributed by atoms with E-state index in [4.69, 9.17) is 30.6 Å². The molecule has 1 fully saturated rings. The fraction of sp³-hybridized carbons (Fsp3) is 0.783. The van der Waals surface area contributed by atoms with E-state index in [0.29, 0.717) is 17.9 Å². The summed E-state index contributed by atoms with van der Waals surface area (Å²) in [7, 11) is -3.96. The molecule has 206 valence electrons. The van der Waals surface area contributed by atoms with Gasteiger partial charge in [-0.3, -0.25) is 10.0 Å². The summed E-state index contributed by atoms with van der Waals surface area (Å²) in [6.07, 6.45) is -0.718. The van der Waals surface area contributed by atoms with E-state index in [-0.39, 0.29) is 27.2 Å². The van der Waals surface area contributed by atoms with Crippen molar-refractivity contribution in [3.8, 4) is 0 Å². The Morgan fingerprint density at radius 3 is 2.03 bits per heavy atom. The lowest BCUT2D eigenvalue weighted by Gasteiger charge is -2.41. The minimum atomic E-state index is -2.62. The third-order valence-electron chi connectivity index (χ3n) is 7.71. The highest BCUT2D eigenvalue weighted by atomic mass is 32.1. The van der Waals surface area contributed by atoms with Crippen molar-refractivity contribution in [1.82, 2.24) is 10.1 Å². The molecule has 10 nitrogen and oxygen atoms in total. The maximum absolute atomic E-state index is 13.4. The number of nitrogens with zero attached hydrogens (tertiary/aromatic N) is 2. The molecule has 2 atom stereocenters. The Kier molecular flexibility index (Phi) is 8.52. The first-order valence-corrected chi connectivity index (χ1v) is 18.3. The molecule has 1 heterocycles.